The van der Waals surface area contributed by atoms with Crippen LogP contribution >= 0.6 is 11.6 Å². The van der Waals surface area contributed by atoms with Crippen LogP contribution in [0, 0.1) is 0 Å². The van der Waals surface area contributed by atoms with Crippen LogP contribution in [0.3, 0.4) is 0 Å². The number of nitrogens with one attached hydrogen (secondary N) is 1. The zero-order valence-corrected chi connectivity index (χ0v) is 11.5. The third-order valence-electron chi connectivity index (χ3n) is 2.67. The molecule has 1 aromatic rings. The predicted molar refractivity (Wildman–Crippen MR) is 73.5 cm³/mol. The first kappa shape index (κ1) is 14.5. The minimum absolute atomic E-state index is 0.274. The van der Waals surface area contributed by atoms with E-state index in [9.17, 15) is 0 Å². The Kier molecular flexibility index (Phi) is 7.25. The molecule has 0 aliphatic carbocycles. The van der Waals surface area contributed by atoms with Crippen molar-refractivity contribution in [2.24, 2.45) is 0 Å². The van der Waals surface area contributed by atoms with Crippen molar-refractivity contribution in [3.8, 4) is 0 Å². The number of likely N-dealkylation sites (N-methyl/N-ethyl adjacent to an activating group) is 1. The van der Waals surface area contributed by atoms with Crippen molar-refractivity contribution in [3.05, 3.63) is 34.9 Å². The van der Waals surface area contributed by atoms with Crippen molar-refractivity contribution in [1.82, 2.24) is 5.32 Å². The highest BCUT2D eigenvalue weighted by atomic mass is 35.5. The van der Waals surface area contributed by atoms with E-state index in [2.05, 4.69) is 19.2 Å². The average molecular weight is 256 g/mol. The molecule has 2 nitrogen and oxygen atoms in total. The molecule has 0 aromatic heterocycles. The second-order valence-electron chi connectivity index (χ2n) is 4.12. The molecule has 0 aliphatic rings. The van der Waals surface area contributed by atoms with Gasteiger partial charge < -0.3 is 10.1 Å². The summed E-state index contributed by atoms with van der Waals surface area (Å²) in [6.07, 6.45) is 2.49. The lowest BCUT2D eigenvalue weighted by Crippen LogP contribution is -2.28. The van der Waals surface area contributed by atoms with Gasteiger partial charge in [0.15, 0.2) is 0 Å². The van der Waals surface area contributed by atoms with Gasteiger partial charge in [-0.3, -0.25) is 0 Å². The van der Waals surface area contributed by atoms with Gasteiger partial charge in [0.1, 0.15) is 0 Å². The minimum atomic E-state index is 0.274. The number of ether oxygens (including phenoxy) is 1. The molecule has 1 N–H and O–H groups in total. The van der Waals surface area contributed by atoms with Crippen LogP contribution in [0.2, 0.25) is 5.02 Å². The highest BCUT2D eigenvalue weighted by molar-refractivity contribution is 6.31. The number of hydrogen-bond donors (Lipinski definition) is 1. The average Bonchev–Trinajstić information content (AvgIpc) is 2.34. The lowest BCUT2D eigenvalue weighted by molar-refractivity contribution is 0.0352. The molecule has 96 valence electrons. The summed E-state index contributed by atoms with van der Waals surface area (Å²) in [5.74, 6) is 0. The summed E-state index contributed by atoms with van der Waals surface area (Å²) < 4.78 is 5.90. The maximum absolute atomic E-state index is 6.09. The van der Waals surface area contributed by atoms with E-state index in [1.54, 1.807) is 0 Å². The van der Waals surface area contributed by atoms with Gasteiger partial charge in [-0.2, -0.15) is 0 Å². The van der Waals surface area contributed by atoms with Gasteiger partial charge in [0, 0.05) is 11.6 Å². The molecule has 3 heteroatoms. The first-order chi connectivity index (χ1) is 8.27. The van der Waals surface area contributed by atoms with E-state index in [0.29, 0.717) is 6.61 Å². The second kappa shape index (κ2) is 8.51. The second-order valence-corrected chi connectivity index (χ2v) is 4.53. The Morgan fingerprint density at radius 1 is 1.29 bits per heavy atom. The van der Waals surface area contributed by atoms with Gasteiger partial charge in [0.05, 0.1) is 12.7 Å². The number of rotatable bonds is 8. The first-order valence-electron chi connectivity index (χ1n) is 6.33. The van der Waals surface area contributed by atoms with Crippen molar-refractivity contribution in [2.75, 3.05) is 13.1 Å². The van der Waals surface area contributed by atoms with Crippen LogP contribution in [0.5, 0.6) is 0 Å². The lowest BCUT2D eigenvalue weighted by Gasteiger charge is -2.18. The van der Waals surface area contributed by atoms with Crippen LogP contribution in [0.25, 0.3) is 0 Å². The molecule has 0 saturated carbocycles. The summed E-state index contributed by atoms with van der Waals surface area (Å²) in [6, 6.07) is 7.84. The van der Waals surface area contributed by atoms with Gasteiger partial charge in [0.2, 0.25) is 0 Å². The summed E-state index contributed by atoms with van der Waals surface area (Å²) in [5.41, 5.74) is 1.06. The van der Waals surface area contributed by atoms with Gasteiger partial charge in [-0.15, -0.1) is 0 Å². The number of benzene rings is 1. The smallest absolute Gasteiger partial charge is 0.0735 e. The van der Waals surface area contributed by atoms with Crippen LogP contribution in [0.4, 0.5) is 0 Å². The Balaban J connectivity index is 2.42. The molecular formula is C14H22ClNO. The number of hydrogen-bond acceptors (Lipinski definition) is 2. The Bertz CT molecular complexity index is 317. The summed E-state index contributed by atoms with van der Waals surface area (Å²) in [7, 11) is 0. The molecule has 1 unspecified atom stereocenters. The van der Waals surface area contributed by atoms with Crippen molar-refractivity contribution in [2.45, 2.75) is 39.4 Å². The zero-order chi connectivity index (χ0) is 12.5. The van der Waals surface area contributed by atoms with Crippen molar-refractivity contribution in [1.29, 1.82) is 0 Å². The van der Waals surface area contributed by atoms with E-state index in [0.717, 1.165) is 36.5 Å². The molecule has 0 amide bonds. The van der Waals surface area contributed by atoms with Crippen LogP contribution in [0.15, 0.2) is 24.3 Å². The normalized spacial score (nSPS) is 12.6. The van der Waals surface area contributed by atoms with Crippen molar-refractivity contribution in [3.63, 3.8) is 0 Å². The van der Waals surface area contributed by atoms with Gasteiger partial charge >= 0.3 is 0 Å². The summed E-state index contributed by atoms with van der Waals surface area (Å²) >= 11 is 6.09. The Morgan fingerprint density at radius 3 is 2.71 bits per heavy atom. The number of halogens is 1. The van der Waals surface area contributed by atoms with Gasteiger partial charge in [-0.1, -0.05) is 50.1 Å². The highest BCUT2D eigenvalue weighted by Crippen LogP contribution is 2.17. The molecule has 0 fully saturated rings. The maximum Gasteiger partial charge on any atom is 0.0735 e. The molecule has 0 bridgehead atoms. The third-order valence-corrected chi connectivity index (χ3v) is 3.03. The van der Waals surface area contributed by atoms with Crippen molar-refractivity contribution < 1.29 is 4.74 Å². The molecule has 17 heavy (non-hydrogen) atoms. The quantitative estimate of drug-likeness (QED) is 0.766. The van der Waals surface area contributed by atoms with E-state index in [4.69, 9.17) is 16.3 Å². The third kappa shape index (κ3) is 5.53. The Morgan fingerprint density at radius 2 is 2.06 bits per heavy atom. The van der Waals surface area contributed by atoms with Crippen LogP contribution in [-0.4, -0.2) is 19.2 Å². The zero-order valence-electron chi connectivity index (χ0n) is 10.7. The lowest BCUT2D eigenvalue weighted by atomic mass is 10.2. The van der Waals surface area contributed by atoms with Gasteiger partial charge in [0.25, 0.3) is 0 Å². The van der Waals surface area contributed by atoms with Gasteiger partial charge in [-0.05, 0) is 24.6 Å². The van der Waals surface area contributed by atoms with E-state index < -0.39 is 0 Å². The molecular weight excluding hydrogens is 234 g/mol. The summed E-state index contributed by atoms with van der Waals surface area (Å²) in [6.45, 7) is 6.77. The van der Waals surface area contributed by atoms with Gasteiger partial charge in [-0.25, -0.2) is 0 Å². The molecule has 0 saturated heterocycles. The molecule has 0 heterocycles. The molecule has 1 atom stereocenters. The predicted octanol–water partition coefficient (Wildman–Crippen LogP) is 3.63. The minimum Gasteiger partial charge on any atom is -0.372 e. The van der Waals surface area contributed by atoms with E-state index in [-0.39, 0.29) is 6.10 Å². The molecule has 0 aliphatic heterocycles. The van der Waals surface area contributed by atoms with E-state index in [1.807, 2.05) is 24.3 Å². The highest BCUT2D eigenvalue weighted by Gasteiger charge is 2.08. The largest absolute Gasteiger partial charge is 0.372 e. The summed E-state index contributed by atoms with van der Waals surface area (Å²) in [4.78, 5) is 0. The SMILES string of the molecule is CCCC(CNCC)OCc1ccccc1Cl. The standard InChI is InChI=1S/C14H22ClNO/c1-3-7-13(10-16-4-2)17-11-12-8-5-6-9-14(12)15/h5-6,8-9,13,16H,3-4,7,10-11H2,1-2H3. The monoisotopic (exact) mass is 255 g/mol. The molecule has 1 aromatic carbocycles. The fourth-order valence-electron chi connectivity index (χ4n) is 1.69. The molecule has 0 radical (unpaired) electrons. The Hall–Kier alpha value is -0.570. The molecule has 0 spiro atoms. The van der Waals surface area contributed by atoms with Crippen LogP contribution < -0.4 is 5.32 Å². The van der Waals surface area contributed by atoms with E-state index in [1.165, 1.54) is 0 Å². The maximum atomic E-state index is 6.09. The Labute approximate surface area is 109 Å². The van der Waals surface area contributed by atoms with E-state index >= 15 is 0 Å². The fourth-order valence-corrected chi connectivity index (χ4v) is 1.88. The van der Waals surface area contributed by atoms with Crippen LogP contribution in [0.1, 0.15) is 32.3 Å². The van der Waals surface area contributed by atoms with Crippen molar-refractivity contribution >= 4 is 11.6 Å². The fraction of sp³-hybridized carbons (Fsp3) is 0.571. The summed E-state index contributed by atoms with van der Waals surface area (Å²) in [5, 5.41) is 4.11. The molecule has 1 rings (SSSR count). The van der Waals surface area contributed by atoms with Crippen LogP contribution in [-0.2, 0) is 11.3 Å². The first-order valence-corrected chi connectivity index (χ1v) is 6.71. The topological polar surface area (TPSA) is 21.3 Å².